The largest absolute Gasteiger partial charge is 2.00 e. The molecule has 15 heteroatoms. The van der Waals surface area contributed by atoms with E-state index in [0.717, 1.165) is 44.3 Å². The zero-order valence-corrected chi connectivity index (χ0v) is 27.1. The third-order valence-corrected chi connectivity index (χ3v) is 5.52. The zero-order valence-electron chi connectivity index (χ0n) is 24.5. The third kappa shape index (κ3) is 13.6. The quantitative estimate of drug-likeness (QED) is 0.0443. The second-order valence-corrected chi connectivity index (χ2v) is 10.9. The van der Waals surface area contributed by atoms with Crippen molar-refractivity contribution in [1.82, 2.24) is 19.9 Å². The van der Waals surface area contributed by atoms with Crippen LogP contribution in [0.2, 0.25) is 0 Å². The van der Waals surface area contributed by atoms with Crippen LogP contribution in [0.15, 0.2) is 110 Å². The Hall–Kier alpha value is -4.85. The molecule has 0 N–H and O–H groups in total. The fourth-order valence-electron chi connectivity index (χ4n) is 3.81. The van der Waals surface area contributed by atoms with E-state index in [4.69, 9.17) is 10.00 Å². The van der Waals surface area contributed by atoms with E-state index >= 15 is 0 Å². The fraction of sp³-hybridized carbons (Fsp3) is 0.0625. The number of esters is 1. The Morgan fingerprint density at radius 1 is 0.702 bits per heavy atom. The van der Waals surface area contributed by atoms with E-state index in [1.807, 2.05) is 48.5 Å². The number of halogens is 6. The molecule has 0 fully saturated rings. The molecule has 0 aliphatic carbocycles. The van der Waals surface area contributed by atoms with Gasteiger partial charge in [0, 0.05) is 53.9 Å². The number of rotatable bonds is 3. The van der Waals surface area contributed by atoms with E-state index in [-0.39, 0.29) is 19.5 Å². The van der Waals surface area contributed by atoms with Crippen LogP contribution in [0, 0.1) is 17.4 Å². The van der Waals surface area contributed by atoms with Gasteiger partial charge in [-0.2, -0.15) is 5.26 Å². The van der Waals surface area contributed by atoms with Gasteiger partial charge in [0.1, 0.15) is 0 Å². The molecule has 0 unspecified atom stereocenters. The molecule has 0 radical (unpaired) electrons. The molecule has 244 valence electrons. The minimum absolute atomic E-state index is 0. The molecule has 0 saturated carbocycles. The molecule has 4 heterocycles. The molecule has 6 aromatic rings. The molecule has 6 rings (SSSR count). The van der Waals surface area contributed by atoms with Crippen molar-refractivity contribution in [3.05, 3.63) is 121 Å². The van der Waals surface area contributed by atoms with Crippen LogP contribution in [-0.4, -0.2) is 33.0 Å². The smallest absolute Gasteiger partial charge is 0.254 e. The maximum atomic E-state index is 11.9. The number of ether oxygens (including phenoxy) is 1. The van der Waals surface area contributed by atoms with Gasteiger partial charge in [0.25, 0.3) is 0 Å². The third-order valence-electron chi connectivity index (χ3n) is 5.52. The zero-order chi connectivity index (χ0) is 33.9. The summed E-state index contributed by atoms with van der Waals surface area (Å²) in [5.74, 6) is -0.400. The van der Waals surface area contributed by atoms with E-state index in [1.165, 1.54) is 14.0 Å². The standard InChI is InChI=1S/C18H13N2O2.C12H8N2.C2H3N.F6P.Ru/c1-22-18(21)15-11-13(16-6-2-4-8-19-16)10-14(12-15)17-7-3-5-9-20-17;1-3-9-5-6-10-4-2-8-14-12(10)11(9)13-7-1;1-2-3;1-7(2,3,4,5)6;/h2-9,11-12H,1H3;1-8H;1H3;;/q-1;;;-1;+2. The van der Waals surface area contributed by atoms with Gasteiger partial charge in [0.15, 0.2) is 0 Å². The summed E-state index contributed by atoms with van der Waals surface area (Å²) in [6.45, 7) is 1.43. The first-order chi connectivity index (χ1) is 21.6. The Morgan fingerprint density at radius 2 is 1.09 bits per heavy atom. The summed E-state index contributed by atoms with van der Waals surface area (Å²) in [7, 11) is -9.30. The average Bonchev–Trinajstić information content (AvgIpc) is 3.04. The van der Waals surface area contributed by atoms with Crippen molar-refractivity contribution < 1.29 is 54.2 Å². The normalized spacial score (nSPS) is 11.6. The maximum absolute atomic E-state index is 11.9. The first kappa shape index (κ1) is 38.3. The minimum Gasteiger partial charge on any atom is -0.254 e. The fourth-order valence-corrected chi connectivity index (χ4v) is 3.81. The average molecular weight is 757 g/mol. The molecular formula is C32H24F6N5O2PRu. The Bertz CT molecular complexity index is 1860. The van der Waals surface area contributed by atoms with Gasteiger partial charge in [-0.25, -0.2) is 4.79 Å². The predicted molar refractivity (Wildman–Crippen MR) is 165 cm³/mol. The molecule has 0 aliphatic heterocycles. The first-order valence-electron chi connectivity index (χ1n) is 13.0. The van der Waals surface area contributed by atoms with E-state index in [1.54, 1.807) is 43.0 Å². The van der Waals surface area contributed by atoms with Crippen LogP contribution >= 0.6 is 7.81 Å². The molecule has 0 amide bonds. The van der Waals surface area contributed by atoms with E-state index in [9.17, 15) is 30.0 Å². The van der Waals surface area contributed by atoms with Gasteiger partial charge < -0.3 is 4.74 Å². The van der Waals surface area contributed by atoms with Gasteiger partial charge in [-0.3, -0.25) is 19.9 Å². The van der Waals surface area contributed by atoms with Gasteiger partial charge in [-0.1, -0.05) is 59.7 Å². The Labute approximate surface area is 278 Å². The van der Waals surface area contributed by atoms with Gasteiger partial charge in [-0.15, -0.1) is 18.2 Å². The van der Waals surface area contributed by atoms with Gasteiger partial charge in [0.2, 0.25) is 0 Å². The van der Waals surface area contributed by atoms with Crippen LogP contribution in [-0.2, 0) is 24.2 Å². The Kier molecular flexibility index (Phi) is 12.7. The molecule has 0 aliphatic rings. The monoisotopic (exact) mass is 757 g/mol. The summed E-state index contributed by atoms with van der Waals surface area (Å²) in [6.07, 6.45) is 7.01. The molecule has 0 spiro atoms. The number of fused-ring (bicyclic) bond motifs is 3. The summed E-state index contributed by atoms with van der Waals surface area (Å²) >= 11 is 0. The molecule has 0 bridgehead atoms. The van der Waals surface area contributed by atoms with Crippen LogP contribution in [0.4, 0.5) is 25.2 Å². The first-order valence-corrected chi connectivity index (χ1v) is 15.1. The number of benzene rings is 2. The molecule has 4 aromatic heterocycles. The Morgan fingerprint density at radius 3 is 1.43 bits per heavy atom. The number of aromatic nitrogens is 4. The van der Waals surface area contributed by atoms with Crippen LogP contribution in [0.3, 0.4) is 0 Å². The maximum Gasteiger partial charge on any atom is 2.00 e. The number of hydrogen-bond acceptors (Lipinski definition) is 7. The number of nitrogens with zero attached hydrogens (tertiary/aromatic N) is 5. The summed E-state index contributed by atoms with van der Waals surface area (Å²) in [5.41, 5.74) is 5.34. The van der Waals surface area contributed by atoms with Crippen molar-refractivity contribution >= 4 is 35.6 Å². The number of carbonyl (C=O) groups is 1. The van der Waals surface area contributed by atoms with Crippen molar-refractivity contribution in [3.8, 4) is 28.6 Å². The van der Waals surface area contributed by atoms with Crippen LogP contribution < -0.4 is 0 Å². The SMILES string of the molecule is CC#N.COC(=O)c1cc(-c2ccccn2)[c-]c(-c2ccccn2)c1.F[P-](F)(F)(F)(F)F.[Ru+2].c1cnc2c(c1)ccc1cccnc12. The van der Waals surface area contributed by atoms with Crippen LogP contribution in [0.25, 0.3) is 44.3 Å². The van der Waals surface area contributed by atoms with Crippen molar-refractivity contribution in [2.24, 2.45) is 0 Å². The molecule has 47 heavy (non-hydrogen) atoms. The van der Waals surface area contributed by atoms with Gasteiger partial charge >= 0.3 is 58.4 Å². The Balaban J connectivity index is 0.000000262. The topological polar surface area (TPSA) is 102 Å². The molecule has 0 atom stereocenters. The second kappa shape index (κ2) is 15.6. The van der Waals surface area contributed by atoms with Gasteiger partial charge in [-0.05, 0) is 29.8 Å². The molecule has 0 saturated heterocycles. The van der Waals surface area contributed by atoms with Crippen molar-refractivity contribution in [2.45, 2.75) is 6.92 Å². The summed E-state index contributed by atoms with van der Waals surface area (Å²) in [4.78, 5) is 29.2. The van der Waals surface area contributed by atoms with Gasteiger partial charge in [0.05, 0.1) is 24.2 Å². The van der Waals surface area contributed by atoms with E-state index < -0.39 is 13.8 Å². The summed E-state index contributed by atoms with van der Waals surface area (Å²) < 4.78 is 64.0. The van der Waals surface area contributed by atoms with Crippen molar-refractivity contribution in [1.29, 1.82) is 5.26 Å². The molecule has 2 aromatic carbocycles. The van der Waals surface area contributed by atoms with Crippen molar-refractivity contribution in [3.63, 3.8) is 0 Å². The van der Waals surface area contributed by atoms with Crippen molar-refractivity contribution in [2.75, 3.05) is 7.11 Å². The summed E-state index contributed by atoms with van der Waals surface area (Å²) in [5, 5.41) is 9.59. The number of pyridine rings is 4. The number of nitriles is 1. The molecular weight excluding hydrogens is 732 g/mol. The minimum atomic E-state index is -10.7. The predicted octanol–water partition coefficient (Wildman–Crippen LogP) is 10.1. The molecule has 7 nitrogen and oxygen atoms in total. The summed E-state index contributed by atoms with van der Waals surface area (Å²) in [6, 6.07) is 31.8. The van der Waals surface area contributed by atoms with E-state index in [2.05, 4.69) is 50.3 Å². The number of methoxy groups -OCH3 is 1. The number of hydrogen-bond donors (Lipinski definition) is 0. The van der Waals surface area contributed by atoms with Crippen LogP contribution in [0.1, 0.15) is 17.3 Å². The van der Waals surface area contributed by atoms with Crippen LogP contribution in [0.5, 0.6) is 0 Å². The number of carbonyl (C=O) groups excluding carboxylic acids is 1. The second-order valence-electron chi connectivity index (χ2n) is 9.02. The van der Waals surface area contributed by atoms with E-state index in [0.29, 0.717) is 5.56 Å².